The number of carbonyl (C=O) groups excluding carboxylic acids is 1. The van der Waals surface area contributed by atoms with Crippen LogP contribution in [0.25, 0.3) is 0 Å². The van der Waals surface area contributed by atoms with Crippen LogP contribution in [0.5, 0.6) is 11.5 Å². The van der Waals surface area contributed by atoms with Gasteiger partial charge in [-0.3, -0.25) is 4.79 Å². The first-order valence-electron chi connectivity index (χ1n) is 7.09. The van der Waals surface area contributed by atoms with E-state index in [1.54, 1.807) is 18.2 Å². The van der Waals surface area contributed by atoms with Crippen LogP contribution in [0.1, 0.15) is 29.8 Å². The van der Waals surface area contributed by atoms with Crippen molar-refractivity contribution in [2.75, 3.05) is 12.3 Å². The Labute approximate surface area is 124 Å². The summed E-state index contributed by atoms with van der Waals surface area (Å²) in [6.45, 7) is 4.50. The van der Waals surface area contributed by atoms with Gasteiger partial charge >= 0.3 is 0 Å². The second kappa shape index (κ2) is 6.79. The molecule has 21 heavy (non-hydrogen) atoms. The molecular weight excluding hydrogens is 264 g/mol. The van der Waals surface area contributed by atoms with Gasteiger partial charge in [-0.2, -0.15) is 0 Å². The number of amides is 1. The number of anilines is 1. The van der Waals surface area contributed by atoms with Crippen LogP contribution in [-0.4, -0.2) is 12.5 Å². The first-order chi connectivity index (χ1) is 10.2. The number of nitrogens with two attached hydrogens (primary N) is 1. The lowest BCUT2D eigenvalue weighted by atomic mass is 10.1. The minimum absolute atomic E-state index is 0.165. The summed E-state index contributed by atoms with van der Waals surface area (Å²) in [5.74, 6) is 1.06. The van der Waals surface area contributed by atoms with Crippen LogP contribution in [0, 0.1) is 0 Å². The van der Waals surface area contributed by atoms with Crippen LogP contribution in [0.2, 0.25) is 0 Å². The molecule has 0 heterocycles. The summed E-state index contributed by atoms with van der Waals surface area (Å²) in [7, 11) is 0. The molecule has 0 aliphatic rings. The van der Waals surface area contributed by atoms with Crippen molar-refractivity contribution >= 4 is 11.6 Å². The highest BCUT2D eigenvalue weighted by Crippen LogP contribution is 2.30. The molecule has 1 amide bonds. The van der Waals surface area contributed by atoms with E-state index in [2.05, 4.69) is 12.2 Å². The maximum Gasteiger partial charge on any atom is 0.255 e. The molecular formula is C17H20N2O2. The van der Waals surface area contributed by atoms with Crippen LogP contribution in [0.4, 0.5) is 5.69 Å². The molecule has 3 N–H and O–H groups in total. The lowest BCUT2D eigenvalue weighted by molar-refractivity contribution is 0.0953. The highest BCUT2D eigenvalue weighted by molar-refractivity contribution is 5.97. The monoisotopic (exact) mass is 284 g/mol. The Balaban J connectivity index is 2.38. The van der Waals surface area contributed by atoms with E-state index in [0.29, 0.717) is 23.5 Å². The van der Waals surface area contributed by atoms with Gasteiger partial charge in [0.25, 0.3) is 5.91 Å². The zero-order valence-electron chi connectivity index (χ0n) is 12.3. The second-order valence-electron chi connectivity index (χ2n) is 4.68. The van der Waals surface area contributed by atoms with Crippen molar-refractivity contribution < 1.29 is 9.53 Å². The summed E-state index contributed by atoms with van der Waals surface area (Å²) in [6, 6.07) is 12.8. The van der Waals surface area contributed by atoms with Crippen molar-refractivity contribution in [1.82, 2.24) is 5.32 Å². The van der Waals surface area contributed by atoms with Crippen LogP contribution in [0.3, 0.4) is 0 Å². The molecule has 0 unspecified atom stereocenters. The normalized spacial score (nSPS) is 10.2. The molecule has 0 saturated carbocycles. The first-order valence-corrected chi connectivity index (χ1v) is 7.09. The van der Waals surface area contributed by atoms with Crippen LogP contribution in [-0.2, 0) is 6.42 Å². The Bertz CT molecular complexity index is 638. The SMILES string of the molecule is CCNC(=O)c1ccc(N)cc1Oc1ccccc1CC. The quantitative estimate of drug-likeness (QED) is 0.827. The third-order valence-electron chi connectivity index (χ3n) is 3.16. The molecule has 0 radical (unpaired) electrons. The predicted octanol–water partition coefficient (Wildman–Crippen LogP) is 3.37. The van der Waals surface area contributed by atoms with E-state index in [0.717, 1.165) is 17.7 Å². The molecule has 0 spiro atoms. The highest BCUT2D eigenvalue weighted by Gasteiger charge is 2.14. The van der Waals surface area contributed by atoms with Crippen LogP contribution >= 0.6 is 0 Å². The van der Waals surface area contributed by atoms with E-state index in [1.165, 1.54) is 0 Å². The number of para-hydroxylation sites is 1. The standard InChI is InChI=1S/C17H20N2O2/c1-3-12-7-5-6-8-15(12)21-16-11-13(18)9-10-14(16)17(20)19-4-2/h5-11H,3-4,18H2,1-2H3,(H,19,20). The molecule has 0 aromatic heterocycles. The molecule has 0 bridgehead atoms. The number of benzene rings is 2. The van der Waals surface area contributed by atoms with Crippen molar-refractivity contribution in [1.29, 1.82) is 0 Å². The van der Waals surface area contributed by atoms with Crippen molar-refractivity contribution in [3.63, 3.8) is 0 Å². The van der Waals surface area contributed by atoms with Gasteiger partial charge in [-0.25, -0.2) is 0 Å². The van der Waals surface area contributed by atoms with E-state index in [-0.39, 0.29) is 5.91 Å². The molecule has 2 aromatic carbocycles. The molecule has 0 fully saturated rings. The van der Waals surface area contributed by atoms with E-state index >= 15 is 0 Å². The molecule has 0 saturated heterocycles. The number of nitrogen functional groups attached to an aromatic ring is 1. The molecule has 0 atom stereocenters. The fourth-order valence-electron chi connectivity index (χ4n) is 2.08. The van der Waals surface area contributed by atoms with Crippen LogP contribution < -0.4 is 15.8 Å². The number of hydrogen-bond acceptors (Lipinski definition) is 3. The molecule has 4 heteroatoms. The minimum atomic E-state index is -0.165. The molecule has 4 nitrogen and oxygen atoms in total. The number of carbonyl (C=O) groups is 1. The lowest BCUT2D eigenvalue weighted by Crippen LogP contribution is -2.23. The maximum atomic E-state index is 12.1. The number of aryl methyl sites for hydroxylation is 1. The molecule has 2 rings (SSSR count). The average molecular weight is 284 g/mol. The van der Waals surface area contributed by atoms with Crippen molar-refractivity contribution in [3.8, 4) is 11.5 Å². The fraction of sp³-hybridized carbons (Fsp3) is 0.235. The van der Waals surface area contributed by atoms with Crippen molar-refractivity contribution in [2.45, 2.75) is 20.3 Å². The van der Waals surface area contributed by atoms with E-state index in [1.807, 2.05) is 31.2 Å². The second-order valence-corrected chi connectivity index (χ2v) is 4.68. The third-order valence-corrected chi connectivity index (χ3v) is 3.16. The lowest BCUT2D eigenvalue weighted by Gasteiger charge is -2.14. The largest absolute Gasteiger partial charge is 0.456 e. The Hall–Kier alpha value is -2.49. The smallest absolute Gasteiger partial charge is 0.255 e. The van der Waals surface area contributed by atoms with Crippen LogP contribution in [0.15, 0.2) is 42.5 Å². The Kier molecular flexibility index (Phi) is 4.82. The zero-order chi connectivity index (χ0) is 15.2. The summed E-state index contributed by atoms with van der Waals surface area (Å²) in [5, 5.41) is 2.78. The first kappa shape index (κ1) is 14.9. The number of hydrogen-bond donors (Lipinski definition) is 2. The van der Waals surface area contributed by atoms with Gasteiger partial charge in [-0.05, 0) is 37.1 Å². The Morgan fingerprint density at radius 3 is 2.62 bits per heavy atom. The summed E-state index contributed by atoms with van der Waals surface area (Å²) in [6.07, 6.45) is 0.856. The van der Waals surface area contributed by atoms with Gasteiger partial charge in [0.1, 0.15) is 11.5 Å². The van der Waals surface area contributed by atoms with Gasteiger partial charge in [0.15, 0.2) is 0 Å². The predicted molar refractivity (Wildman–Crippen MR) is 84.8 cm³/mol. The summed E-state index contributed by atoms with van der Waals surface area (Å²) >= 11 is 0. The van der Waals surface area contributed by atoms with Gasteiger partial charge in [0.2, 0.25) is 0 Å². The van der Waals surface area contributed by atoms with Gasteiger partial charge < -0.3 is 15.8 Å². The summed E-state index contributed by atoms with van der Waals surface area (Å²) in [4.78, 5) is 12.1. The minimum Gasteiger partial charge on any atom is -0.456 e. The topological polar surface area (TPSA) is 64.4 Å². The number of ether oxygens (including phenoxy) is 1. The van der Waals surface area contributed by atoms with E-state index in [9.17, 15) is 4.79 Å². The number of rotatable bonds is 5. The maximum absolute atomic E-state index is 12.1. The summed E-state index contributed by atoms with van der Waals surface area (Å²) < 4.78 is 5.94. The van der Waals surface area contributed by atoms with Gasteiger partial charge in [-0.15, -0.1) is 0 Å². The van der Waals surface area contributed by atoms with E-state index < -0.39 is 0 Å². The summed E-state index contributed by atoms with van der Waals surface area (Å²) in [5.41, 5.74) is 7.94. The number of nitrogens with one attached hydrogen (secondary N) is 1. The van der Waals surface area contributed by atoms with Crippen molar-refractivity contribution in [3.05, 3.63) is 53.6 Å². The van der Waals surface area contributed by atoms with Gasteiger partial charge in [0.05, 0.1) is 5.56 Å². The van der Waals surface area contributed by atoms with E-state index in [4.69, 9.17) is 10.5 Å². The molecule has 0 aliphatic carbocycles. The Morgan fingerprint density at radius 1 is 1.14 bits per heavy atom. The molecule has 110 valence electrons. The molecule has 2 aromatic rings. The average Bonchev–Trinajstić information content (AvgIpc) is 2.48. The zero-order valence-corrected chi connectivity index (χ0v) is 12.3. The van der Waals surface area contributed by atoms with Gasteiger partial charge in [0, 0.05) is 18.3 Å². The highest BCUT2D eigenvalue weighted by atomic mass is 16.5. The fourth-order valence-corrected chi connectivity index (χ4v) is 2.08. The molecule has 0 aliphatic heterocycles. The Morgan fingerprint density at radius 2 is 1.90 bits per heavy atom. The van der Waals surface area contributed by atoms with Crippen molar-refractivity contribution in [2.24, 2.45) is 0 Å². The third kappa shape index (κ3) is 3.54. The van der Waals surface area contributed by atoms with Gasteiger partial charge in [-0.1, -0.05) is 25.1 Å².